The molecule has 0 radical (unpaired) electrons. The maximum Gasteiger partial charge on any atom is 0.396 e. The van der Waals surface area contributed by atoms with Gasteiger partial charge in [0, 0.05) is 0 Å². The molecule has 45 heavy (non-hydrogen) atoms. The van der Waals surface area contributed by atoms with E-state index >= 15 is 0 Å². The van der Waals surface area contributed by atoms with Gasteiger partial charge in [-0.15, -0.1) is 0 Å². The second kappa shape index (κ2) is 15.2. The van der Waals surface area contributed by atoms with Gasteiger partial charge in [0.05, 0.1) is 45.1 Å². The van der Waals surface area contributed by atoms with Gasteiger partial charge < -0.3 is 63.9 Å². The van der Waals surface area contributed by atoms with Crippen LogP contribution < -0.4 is 11.1 Å². The lowest BCUT2D eigenvalue weighted by molar-refractivity contribution is -0.302. The summed E-state index contributed by atoms with van der Waals surface area (Å²) in [6, 6.07) is -0.963. The first-order valence-electron chi connectivity index (χ1n) is 15.6. The van der Waals surface area contributed by atoms with Crippen LogP contribution in [0.4, 0.5) is 0 Å². The molecule has 0 bridgehead atoms. The molecule has 4 saturated heterocycles. The molecule has 0 aromatic rings. The first-order valence-corrected chi connectivity index (χ1v) is 15.6. The van der Waals surface area contributed by atoms with E-state index in [1.54, 1.807) is 27.7 Å². The van der Waals surface area contributed by atoms with Gasteiger partial charge >= 0.3 is 11.9 Å². The van der Waals surface area contributed by atoms with Crippen LogP contribution in [-0.4, -0.2) is 127 Å². The maximum absolute atomic E-state index is 12.2. The van der Waals surface area contributed by atoms with Crippen molar-refractivity contribution < 1.29 is 62.4 Å². The van der Waals surface area contributed by atoms with Crippen LogP contribution >= 0.6 is 0 Å². The Morgan fingerprint density at radius 3 is 1.71 bits per heavy atom. The Labute approximate surface area is 265 Å². The van der Waals surface area contributed by atoms with E-state index in [0.717, 1.165) is 6.42 Å². The van der Waals surface area contributed by atoms with Crippen molar-refractivity contribution in [1.29, 1.82) is 0 Å². The first kappa shape index (κ1) is 38.0. The second-order valence-corrected chi connectivity index (χ2v) is 13.5. The fourth-order valence-corrected chi connectivity index (χ4v) is 5.57. The fourth-order valence-electron chi connectivity index (χ4n) is 5.57. The summed E-state index contributed by atoms with van der Waals surface area (Å²) < 4.78 is 50.9. The van der Waals surface area contributed by atoms with Gasteiger partial charge in [0.2, 0.25) is 0 Å². The van der Waals surface area contributed by atoms with E-state index in [9.17, 15) is 19.8 Å². The van der Waals surface area contributed by atoms with Crippen molar-refractivity contribution >= 4 is 11.9 Å². The average Bonchev–Trinajstić information content (AvgIpc) is 3.45. The molecule has 0 saturated carbocycles. The summed E-state index contributed by atoms with van der Waals surface area (Å²) in [5, 5.41) is 21.6. The second-order valence-electron chi connectivity index (χ2n) is 13.5. The number of carbonyl (C=O) groups excluding carboxylic acids is 2. The summed E-state index contributed by atoms with van der Waals surface area (Å²) in [5.74, 6) is -5.07. The van der Waals surface area contributed by atoms with Crippen molar-refractivity contribution in [3.05, 3.63) is 0 Å². The smallest absolute Gasteiger partial charge is 0.396 e. The van der Waals surface area contributed by atoms with Gasteiger partial charge in [0.1, 0.15) is 36.6 Å². The van der Waals surface area contributed by atoms with E-state index in [-0.39, 0.29) is 44.7 Å². The Balaban J connectivity index is 0.000000265. The Hall–Kier alpha value is -1.50. The molecule has 5 N–H and O–H groups in total. The third-order valence-electron chi connectivity index (χ3n) is 7.58. The summed E-state index contributed by atoms with van der Waals surface area (Å²) in [7, 11) is 0. The standard InChI is InChI=1S/C18H31NO8.C12H23NO5/c1-6-7-8-23-16(22)15(21)19-11-10-24-17(2,3)26-13(11)14-12(9-20)25-18(4,5)27-14;1-11(2)15-6-7(13)9(17-11)10-8(5-14)16-12(3,4)18-10/h11-14,20H,6-10H2,1-5H3,(H,19,21);7-10,14H,5-6,13H2,1-4H3/t11-,12?,13?,14+;7-,8?,9?,10-/m01/s1. The van der Waals surface area contributed by atoms with Gasteiger partial charge in [-0.3, -0.25) is 4.79 Å². The van der Waals surface area contributed by atoms with Crippen LogP contribution in [0.1, 0.15) is 75.2 Å². The Morgan fingerprint density at radius 2 is 1.20 bits per heavy atom. The van der Waals surface area contributed by atoms with Crippen molar-refractivity contribution in [2.24, 2.45) is 5.73 Å². The molecule has 15 nitrogen and oxygen atoms in total. The van der Waals surface area contributed by atoms with Gasteiger partial charge in [0.25, 0.3) is 0 Å². The molecular weight excluding hydrogens is 596 g/mol. The molecule has 4 aliphatic rings. The fraction of sp³-hybridized carbons (Fsp3) is 0.933. The molecule has 262 valence electrons. The van der Waals surface area contributed by atoms with Gasteiger partial charge in [-0.05, 0) is 61.8 Å². The molecule has 4 fully saturated rings. The van der Waals surface area contributed by atoms with Crippen LogP contribution in [0.25, 0.3) is 0 Å². The topological polar surface area (TPSA) is 196 Å². The summed E-state index contributed by atoms with van der Waals surface area (Å²) in [6.45, 7) is 16.5. The summed E-state index contributed by atoms with van der Waals surface area (Å²) in [6.07, 6.45) is -1.58. The molecule has 4 aliphatic heterocycles. The van der Waals surface area contributed by atoms with E-state index < -0.39 is 65.5 Å². The number of ether oxygens (including phenoxy) is 9. The average molecular weight is 651 g/mol. The zero-order chi connectivity index (χ0) is 33.8. The number of aliphatic hydroxyl groups excluding tert-OH is 2. The number of esters is 1. The molecule has 1 amide bonds. The summed E-state index contributed by atoms with van der Waals surface area (Å²) in [5.41, 5.74) is 6.02. The highest BCUT2D eigenvalue weighted by Crippen LogP contribution is 2.36. The molecule has 8 atom stereocenters. The Morgan fingerprint density at radius 1 is 0.733 bits per heavy atom. The number of unbranched alkanes of at least 4 members (excludes halogenated alkanes) is 1. The molecule has 4 rings (SSSR count). The monoisotopic (exact) mass is 650 g/mol. The largest absolute Gasteiger partial charge is 0.459 e. The number of nitrogens with two attached hydrogens (primary N) is 1. The molecule has 0 aromatic heterocycles. The van der Waals surface area contributed by atoms with Gasteiger partial charge in [-0.25, -0.2) is 4.79 Å². The van der Waals surface area contributed by atoms with Gasteiger partial charge in [-0.2, -0.15) is 0 Å². The Bertz CT molecular complexity index is 989. The number of hydrogen-bond donors (Lipinski definition) is 4. The van der Waals surface area contributed by atoms with Crippen molar-refractivity contribution in [3.8, 4) is 0 Å². The van der Waals surface area contributed by atoms with Crippen LogP contribution in [-0.2, 0) is 52.2 Å². The van der Waals surface area contributed by atoms with Crippen molar-refractivity contribution in [1.82, 2.24) is 5.32 Å². The van der Waals surface area contributed by atoms with E-state index in [0.29, 0.717) is 13.0 Å². The first-order chi connectivity index (χ1) is 20.8. The molecule has 4 heterocycles. The van der Waals surface area contributed by atoms with Crippen LogP contribution in [0, 0.1) is 0 Å². The number of rotatable bonds is 8. The highest BCUT2D eigenvalue weighted by Gasteiger charge is 2.52. The van der Waals surface area contributed by atoms with Crippen LogP contribution in [0.15, 0.2) is 0 Å². The van der Waals surface area contributed by atoms with Gasteiger partial charge in [0.15, 0.2) is 23.1 Å². The maximum atomic E-state index is 12.2. The number of aliphatic hydroxyl groups is 2. The lowest BCUT2D eigenvalue weighted by Crippen LogP contribution is -2.62. The minimum atomic E-state index is -0.949. The molecule has 0 aromatic carbocycles. The normalized spacial score (nSPS) is 36.4. The minimum absolute atomic E-state index is 0.115. The number of amides is 1. The summed E-state index contributed by atoms with van der Waals surface area (Å²) >= 11 is 0. The third-order valence-corrected chi connectivity index (χ3v) is 7.58. The van der Waals surface area contributed by atoms with Crippen molar-refractivity contribution in [3.63, 3.8) is 0 Å². The number of carbonyl (C=O) groups is 2. The lowest BCUT2D eigenvalue weighted by atomic mass is 9.99. The van der Waals surface area contributed by atoms with E-state index in [1.807, 2.05) is 34.6 Å². The third kappa shape index (κ3) is 10.5. The predicted molar refractivity (Wildman–Crippen MR) is 157 cm³/mol. The highest BCUT2D eigenvalue weighted by molar-refractivity contribution is 6.32. The van der Waals surface area contributed by atoms with Crippen LogP contribution in [0.5, 0.6) is 0 Å². The van der Waals surface area contributed by atoms with E-state index in [1.165, 1.54) is 0 Å². The van der Waals surface area contributed by atoms with E-state index in [4.69, 9.17) is 48.4 Å². The molecular formula is C30H54N2O13. The Kier molecular flexibility index (Phi) is 12.8. The SMILES string of the molecule is CC1(C)OC[C@@H](N)C([C@@H]2OC(C)(C)OC2CO)O1.CCCCOC(=O)C(=O)N[C@H]1COC(C)(C)OC1[C@@H]1OC(C)(C)OC1CO. The summed E-state index contributed by atoms with van der Waals surface area (Å²) in [4.78, 5) is 24.0. The molecule has 4 unspecified atom stereocenters. The zero-order valence-corrected chi connectivity index (χ0v) is 28.0. The molecule has 0 aliphatic carbocycles. The van der Waals surface area contributed by atoms with Crippen molar-refractivity contribution in [2.45, 2.75) is 147 Å². The van der Waals surface area contributed by atoms with Crippen LogP contribution in [0.2, 0.25) is 0 Å². The quantitative estimate of drug-likeness (QED) is 0.161. The van der Waals surface area contributed by atoms with Gasteiger partial charge in [-0.1, -0.05) is 13.3 Å². The minimum Gasteiger partial charge on any atom is -0.459 e. The van der Waals surface area contributed by atoms with Crippen LogP contribution in [0.3, 0.4) is 0 Å². The van der Waals surface area contributed by atoms with E-state index in [2.05, 4.69) is 5.32 Å². The highest BCUT2D eigenvalue weighted by atomic mass is 16.8. The number of hydrogen-bond acceptors (Lipinski definition) is 14. The predicted octanol–water partition coefficient (Wildman–Crippen LogP) is 0.456. The molecule has 15 heteroatoms. The zero-order valence-electron chi connectivity index (χ0n) is 28.0. The lowest BCUT2D eigenvalue weighted by Gasteiger charge is -2.43. The molecule has 0 spiro atoms. The number of nitrogens with one attached hydrogen (secondary N) is 1. The van der Waals surface area contributed by atoms with Crippen molar-refractivity contribution in [2.75, 3.05) is 33.0 Å².